The first kappa shape index (κ1) is 13.9. The van der Waals surface area contributed by atoms with E-state index in [0.717, 1.165) is 10.7 Å². The van der Waals surface area contributed by atoms with Crippen LogP contribution in [0.2, 0.25) is 10.0 Å². The lowest BCUT2D eigenvalue weighted by Gasteiger charge is -2.11. The second-order valence-electron chi connectivity index (χ2n) is 5.77. The maximum atomic E-state index is 12.2. The molecule has 0 bridgehead atoms. The molecule has 0 aliphatic carbocycles. The fraction of sp³-hybridized carbons (Fsp3) is 0.222. The van der Waals surface area contributed by atoms with Crippen LogP contribution in [0.5, 0.6) is 0 Å². The quantitative estimate of drug-likeness (QED) is 0.637. The first-order valence-electron chi connectivity index (χ1n) is 10.8. The average Bonchev–Trinajstić information content (AvgIpc) is 2.71. The standard InChI is InChI=1S/C18H14Cl2N6O3/c1-8(2)11-3-9(23-24-16(11)27)4-12-13(19)5-10(6-14(12)20)26-18(29)22-17(28)15(7-21)25-26/h3,5-6,8H,4H2,1-2H3,(H,24,27)(H,22,28,29)/i1D3,2D3. The third-order valence-electron chi connectivity index (χ3n) is 3.86. The lowest BCUT2D eigenvalue weighted by atomic mass is 10.0. The summed E-state index contributed by atoms with van der Waals surface area (Å²) in [5, 5.41) is 18.6. The van der Waals surface area contributed by atoms with Crippen LogP contribution in [0.4, 0.5) is 0 Å². The maximum Gasteiger partial charge on any atom is 0.349 e. The third kappa shape index (κ3) is 4.13. The molecule has 0 amide bonds. The Kier molecular flexibility index (Phi) is 3.84. The molecule has 2 aromatic heterocycles. The van der Waals surface area contributed by atoms with Crippen LogP contribution in [0.15, 0.2) is 32.6 Å². The molecule has 3 aromatic rings. The van der Waals surface area contributed by atoms with Gasteiger partial charge in [0.2, 0.25) is 5.69 Å². The van der Waals surface area contributed by atoms with Crippen LogP contribution in [0.3, 0.4) is 0 Å². The summed E-state index contributed by atoms with van der Waals surface area (Å²) in [4.78, 5) is 37.9. The van der Waals surface area contributed by atoms with Crippen LogP contribution in [-0.4, -0.2) is 25.0 Å². The Morgan fingerprint density at radius 1 is 1.21 bits per heavy atom. The molecular weight excluding hydrogens is 419 g/mol. The minimum absolute atomic E-state index is 0.00338. The lowest BCUT2D eigenvalue weighted by molar-refractivity contribution is 0.740. The van der Waals surface area contributed by atoms with Crippen molar-refractivity contribution in [1.82, 2.24) is 25.0 Å². The molecule has 1 aromatic carbocycles. The van der Waals surface area contributed by atoms with Crippen molar-refractivity contribution < 1.29 is 8.22 Å². The highest BCUT2D eigenvalue weighted by Crippen LogP contribution is 2.29. The molecule has 2 heterocycles. The van der Waals surface area contributed by atoms with Gasteiger partial charge >= 0.3 is 5.69 Å². The van der Waals surface area contributed by atoms with E-state index in [2.05, 4.69) is 15.3 Å². The van der Waals surface area contributed by atoms with E-state index in [1.54, 1.807) is 6.07 Å². The number of nitrogens with zero attached hydrogens (tertiary/aromatic N) is 4. The number of benzene rings is 1. The Morgan fingerprint density at radius 3 is 2.52 bits per heavy atom. The van der Waals surface area contributed by atoms with Crippen LogP contribution in [0.25, 0.3) is 5.69 Å². The smallest absolute Gasteiger partial charge is 0.270 e. The molecule has 0 fully saturated rings. The highest BCUT2D eigenvalue weighted by atomic mass is 35.5. The molecule has 2 N–H and O–H groups in total. The Hall–Kier alpha value is -3.22. The summed E-state index contributed by atoms with van der Waals surface area (Å²) >= 11 is 12.7. The first-order chi connectivity index (χ1) is 16.1. The Balaban J connectivity index is 2.07. The van der Waals surface area contributed by atoms with Crippen molar-refractivity contribution in [1.29, 1.82) is 5.26 Å². The van der Waals surface area contributed by atoms with E-state index in [4.69, 9.17) is 36.7 Å². The number of hydrogen-bond donors (Lipinski definition) is 2. The predicted octanol–water partition coefficient (Wildman–Crippen LogP) is 1.90. The van der Waals surface area contributed by atoms with Gasteiger partial charge in [0, 0.05) is 30.3 Å². The van der Waals surface area contributed by atoms with Crippen molar-refractivity contribution in [2.45, 2.75) is 26.0 Å². The number of hydrogen-bond acceptors (Lipinski definition) is 6. The zero-order valence-corrected chi connectivity index (χ0v) is 15.8. The molecule has 3 rings (SSSR count). The topological polar surface area (TPSA) is 137 Å². The zero-order valence-electron chi connectivity index (χ0n) is 20.3. The fourth-order valence-electron chi connectivity index (χ4n) is 2.48. The molecule has 29 heavy (non-hydrogen) atoms. The van der Waals surface area contributed by atoms with E-state index in [-0.39, 0.29) is 33.4 Å². The van der Waals surface area contributed by atoms with Crippen molar-refractivity contribution in [2.24, 2.45) is 0 Å². The van der Waals surface area contributed by atoms with Crippen molar-refractivity contribution in [3.8, 4) is 11.8 Å². The number of aromatic nitrogens is 5. The van der Waals surface area contributed by atoms with Crippen LogP contribution >= 0.6 is 23.2 Å². The van der Waals surface area contributed by atoms with Gasteiger partial charge in [-0.2, -0.15) is 15.0 Å². The van der Waals surface area contributed by atoms with Gasteiger partial charge in [-0.25, -0.2) is 9.89 Å². The van der Waals surface area contributed by atoms with E-state index in [9.17, 15) is 14.4 Å². The number of halogens is 2. The molecule has 148 valence electrons. The highest BCUT2D eigenvalue weighted by Gasteiger charge is 2.15. The zero-order chi connectivity index (χ0) is 26.3. The molecule has 0 radical (unpaired) electrons. The molecule has 9 nitrogen and oxygen atoms in total. The molecule has 0 atom stereocenters. The van der Waals surface area contributed by atoms with Gasteiger partial charge in [0.15, 0.2) is 0 Å². The molecule has 0 saturated heterocycles. The van der Waals surface area contributed by atoms with Gasteiger partial charge in [0.05, 0.1) is 11.4 Å². The van der Waals surface area contributed by atoms with Crippen LogP contribution in [0.1, 0.15) is 50.4 Å². The number of nitrogens with one attached hydrogen (secondary N) is 2. The van der Waals surface area contributed by atoms with Gasteiger partial charge < -0.3 is 0 Å². The average molecular weight is 439 g/mol. The predicted molar refractivity (Wildman–Crippen MR) is 107 cm³/mol. The molecule has 0 aliphatic heterocycles. The van der Waals surface area contributed by atoms with Crippen LogP contribution < -0.4 is 16.8 Å². The minimum Gasteiger partial charge on any atom is -0.270 e. The molecule has 0 unspecified atom stereocenters. The minimum atomic E-state index is -2.99. The summed E-state index contributed by atoms with van der Waals surface area (Å²) < 4.78 is 46.2. The van der Waals surface area contributed by atoms with E-state index >= 15 is 0 Å². The number of H-pyrrole nitrogens is 2. The van der Waals surface area contributed by atoms with Gasteiger partial charge in [-0.15, -0.1) is 5.10 Å². The summed E-state index contributed by atoms with van der Waals surface area (Å²) in [6.45, 7) is -5.99. The number of aromatic amines is 2. The fourth-order valence-corrected chi connectivity index (χ4v) is 3.09. The summed E-state index contributed by atoms with van der Waals surface area (Å²) in [5.41, 5.74) is -3.58. The Labute approximate surface area is 182 Å². The number of nitriles is 1. The van der Waals surface area contributed by atoms with E-state index < -0.39 is 47.7 Å². The van der Waals surface area contributed by atoms with E-state index in [1.807, 2.05) is 4.98 Å². The second kappa shape index (κ2) is 8.03. The SMILES string of the molecule is [2H]C([2H])([2H])C(c1cc(Cc2c(Cl)cc(-n3nc(C#N)c(=O)[nH]c3=O)cc2Cl)n[nH]c1=O)C([2H])([2H])[2H]. The van der Waals surface area contributed by atoms with E-state index in [0.29, 0.717) is 0 Å². The normalized spacial score (nSPS) is 14.8. The lowest BCUT2D eigenvalue weighted by Crippen LogP contribution is -2.33. The summed E-state index contributed by atoms with van der Waals surface area (Å²) in [6, 6.07) is 5.16. The van der Waals surface area contributed by atoms with Crippen molar-refractivity contribution >= 4 is 23.2 Å². The maximum absolute atomic E-state index is 12.2. The third-order valence-corrected chi connectivity index (χ3v) is 4.53. The van der Waals surface area contributed by atoms with Gasteiger partial charge in [-0.3, -0.25) is 14.6 Å². The molecule has 0 spiro atoms. The summed E-state index contributed by atoms with van der Waals surface area (Å²) in [7, 11) is 0. The Bertz CT molecular complexity index is 1480. The number of rotatable bonds is 4. The first-order valence-corrected chi connectivity index (χ1v) is 8.59. The monoisotopic (exact) mass is 438 g/mol. The molecule has 0 aliphatic rings. The van der Waals surface area contributed by atoms with Gasteiger partial charge in [-0.05, 0) is 29.7 Å². The molecular formula is C18H14Cl2N6O3. The molecule has 0 saturated carbocycles. The van der Waals surface area contributed by atoms with Gasteiger partial charge in [-0.1, -0.05) is 36.9 Å². The van der Waals surface area contributed by atoms with Crippen molar-refractivity contribution in [3.63, 3.8) is 0 Å². The van der Waals surface area contributed by atoms with Crippen molar-refractivity contribution in [3.05, 3.63) is 82.0 Å². The molecule has 11 heteroatoms. The van der Waals surface area contributed by atoms with Crippen molar-refractivity contribution in [2.75, 3.05) is 0 Å². The summed E-state index contributed by atoms with van der Waals surface area (Å²) in [5.74, 6) is -2.05. The summed E-state index contributed by atoms with van der Waals surface area (Å²) in [6.07, 6.45) is -0.145. The van der Waals surface area contributed by atoms with Gasteiger partial charge in [0.25, 0.3) is 11.1 Å². The highest BCUT2D eigenvalue weighted by molar-refractivity contribution is 6.36. The van der Waals surface area contributed by atoms with Crippen LogP contribution in [-0.2, 0) is 6.42 Å². The van der Waals surface area contributed by atoms with Gasteiger partial charge in [0.1, 0.15) is 6.07 Å². The Morgan fingerprint density at radius 2 is 1.90 bits per heavy atom. The second-order valence-corrected chi connectivity index (χ2v) is 6.59. The van der Waals surface area contributed by atoms with Crippen LogP contribution in [0, 0.1) is 11.3 Å². The largest absolute Gasteiger partial charge is 0.349 e. The van der Waals surface area contributed by atoms with E-state index in [1.165, 1.54) is 12.1 Å².